The third-order valence-corrected chi connectivity index (χ3v) is 5.67. The summed E-state index contributed by atoms with van der Waals surface area (Å²) >= 11 is 6.79. The fourth-order valence-electron chi connectivity index (χ4n) is 2.43. The largest absolute Gasteiger partial charge is 0.453 e. The zero-order chi connectivity index (χ0) is 19.3. The second-order valence-electron chi connectivity index (χ2n) is 5.67. The Balaban J connectivity index is 1.94. The van der Waals surface area contributed by atoms with Crippen LogP contribution in [0.3, 0.4) is 0 Å². The van der Waals surface area contributed by atoms with Crippen molar-refractivity contribution in [3.63, 3.8) is 0 Å². The lowest BCUT2D eigenvalue weighted by atomic mass is 10.1. The van der Waals surface area contributed by atoms with Gasteiger partial charge in [0, 0.05) is 33.4 Å². The zero-order valence-electron chi connectivity index (χ0n) is 13.1. The Morgan fingerprint density at radius 1 is 1.04 bits per heavy atom. The maximum atomic E-state index is 13.1. The van der Waals surface area contributed by atoms with Gasteiger partial charge in [-0.1, -0.05) is 0 Å². The molecule has 0 atom stereocenters. The maximum absolute atomic E-state index is 13.1. The molecule has 0 amide bonds. The first kappa shape index (κ1) is 19.2. The molecular formula is C16H10Br2F5N3. The Labute approximate surface area is 161 Å². The summed E-state index contributed by atoms with van der Waals surface area (Å²) in [6.45, 7) is 0. The lowest BCUT2D eigenvalue weighted by Gasteiger charge is -2.19. The van der Waals surface area contributed by atoms with E-state index in [1.54, 1.807) is 11.6 Å². The highest BCUT2D eigenvalue weighted by atomic mass is 79.9. The Kier molecular flexibility index (Phi) is 4.85. The average Bonchev–Trinajstić information content (AvgIpc) is 2.84. The molecular weight excluding hydrogens is 489 g/mol. The molecule has 138 valence electrons. The number of rotatable bonds is 3. The van der Waals surface area contributed by atoms with Crippen molar-refractivity contribution in [3.05, 3.63) is 45.1 Å². The number of hydrogen-bond acceptors (Lipinski definition) is 2. The van der Waals surface area contributed by atoms with Crippen molar-refractivity contribution in [1.82, 2.24) is 14.5 Å². The van der Waals surface area contributed by atoms with Crippen LogP contribution in [0.25, 0.3) is 22.4 Å². The van der Waals surface area contributed by atoms with Crippen molar-refractivity contribution in [2.24, 2.45) is 7.05 Å². The monoisotopic (exact) mass is 497 g/mol. The summed E-state index contributed by atoms with van der Waals surface area (Å²) in [5.41, 5.74) is 1.68. The first-order chi connectivity index (χ1) is 12.0. The molecule has 0 bridgehead atoms. The van der Waals surface area contributed by atoms with E-state index in [4.69, 9.17) is 0 Å². The summed E-state index contributed by atoms with van der Waals surface area (Å²) in [6.07, 6.45) is -5.86. The van der Waals surface area contributed by atoms with Crippen LogP contribution in [0.2, 0.25) is 0 Å². The van der Waals surface area contributed by atoms with Crippen LogP contribution in [-0.2, 0) is 13.5 Å². The van der Waals surface area contributed by atoms with E-state index in [2.05, 4.69) is 41.8 Å². The number of alkyl halides is 5. The molecule has 0 fully saturated rings. The van der Waals surface area contributed by atoms with Gasteiger partial charge in [0.25, 0.3) is 0 Å². The second-order valence-corrected chi connectivity index (χ2v) is 7.38. The first-order valence-electron chi connectivity index (χ1n) is 7.21. The molecule has 0 unspecified atom stereocenters. The summed E-state index contributed by atoms with van der Waals surface area (Å²) in [6, 6.07) is 6.26. The molecule has 1 aromatic carbocycles. The number of pyridine rings is 1. The van der Waals surface area contributed by atoms with Crippen molar-refractivity contribution >= 4 is 42.9 Å². The van der Waals surface area contributed by atoms with Gasteiger partial charge in [-0.25, -0.2) is 4.98 Å². The summed E-state index contributed by atoms with van der Waals surface area (Å²) in [7, 11) is 1.77. The van der Waals surface area contributed by atoms with E-state index < -0.39 is 18.5 Å². The fraction of sp³-hybridized carbons (Fsp3) is 0.250. The van der Waals surface area contributed by atoms with Crippen LogP contribution < -0.4 is 0 Å². The van der Waals surface area contributed by atoms with Crippen LogP contribution in [0.4, 0.5) is 22.0 Å². The number of aryl methyl sites for hydroxylation is 1. The van der Waals surface area contributed by atoms with Gasteiger partial charge >= 0.3 is 12.1 Å². The predicted molar refractivity (Wildman–Crippen MR) is 94.1 cm³/mol. The topological polar surface area (TPSA) is 30.7 Å². The molecule has 0 aliphatic heterocycles. The van der Waals surface area contributed by atoms with Crippen LogP contribution in [0, 0.1) is 0 Å². The molecule has 0 saturated heterocycles. The van der Waals surface area contributed by atoms with Crippen LogP contribution >= 0.6 is 31.9 Å². The Hall–Kier alpha value is -1.55. The minimum atomic E-state index is -5.61. The van der Waals surface area contributed by atoms with Crippen LogP contribution in [-0.4, -0.2) is 26.6 Å². The molecule has 0 radical (unpaired) electrons. The van der Waals surface area contributed by atoms with Crippen LogP contribution in [0.15, 0.2) is 39.4 Å². The fourth-order valence-corrected chi connectivity index (χ4v) is 3.10. The van der Waals surface area contributed by atoms with E-state index in [-0.39, 0.29) is 5.69 Å². The minimum Gasteiger partial charge on any atom is -0.327 e. The van der Waals surface area contributed by atoms with E-state index in [9.17, 15) is 22.0 Å². The zero-order valence-corrected chi connectivity index (χ0v) is 16.3. The Morgan fingerprint density at radius 2 is 1.69 bits per heavy atom. The van der Waals surface area contributed by atoms with Gasteiger partial charge < -0.3 is 4.57 Å². The highest BCUT2D eigenvalue weighted by molar-refractivity contribution is 9.13. The molecule has 3 rings (SSSR count). The second kappa shape index (κ2) is 6.56. The standard InChI is InChI=1S/C16H10Br2F5N3/c1-26-13-5-11(18)10(17)4-12(13)25-14(26)8-2-3-9(24-7-8)6-15(19,20)16(21,22)23/h2-5,7H,6H2,1H3. The summed E-state index contributed by atoms with van der Waals surface area (Å²) in [4.78, 5) is 8.22. The first-order valence-corrected chi connectivity index (χ1v) is 8.79. The highest BCUT2D eigenvalue weighted by Crippen LogP contribution is 2.38. The van der Waals surface area contributed by atoms with Gasteiger partial charge in [0.05, 0.1) is 17.5 Å². The molecule has 26 heavy (non-hydrogen) atoms. The number of imidazole rings is 1. The Bertz CT molecular complexity index is 965. The van der Waals surface area contributed by atoms with Crippen LogP contribution in [0.5, 0.6) is 0 Å². The molecule has 0 N–H and O–H groups in total. The maximum Gasteiger partial charge on any atom is 0.453 e. The van der Waals surface area contributed by atoms with Gasteiger partial charge in [-0.05, 0) is 56.1 Å². The average molecular weight is 499 g/mol. The molecule has 3 nitrogen and oxygen atoms in total. The molecule has 0 saturated carbocycles. The smallest absolute Gasteiger partial charge is 0.327 e. The Morgan fingerprint density at radius 3 is 2.27 bits per heavy atom. The molecule has 2 aromatic heterocycles. The van der Waals surface area contributed by atoms with E-state index in [1.807, 2.05) is 12.1 Å². The molecule has 0 aliphatic rings. The van der Waals surface area contributed by atoms with Gasteiger partial charge in [-0.15, -0.1) is 0 Å². The predicted octanol–water partition coefficient (Wildman–Crippen LogP) is 5.90. The molecule has 2 heterocycles. The normalized spacial score (nSPS) is 12.8. The van der Waals surface area contributed by atoms with Crippen molar-refractivity contribution in [1.29, 1.82) is 0 Å². The lowest BCUT2D eigenvalue weighted by molar-refractivity contribution is -0.281. The van der Waals surface area contributed by atoms with Crippen molar-refractivity contribution in [3.8, 4) is 11.4 Å². The highest BCUT2D eigenvalue weighted by Gasteiger charge is 2.57. The van der Waals surface area contributed by atoms with E-state index in [0.717, 1.165) is 20.5 Å². The third kappa shape index (κ3) is 3.48. The van der Waals surface area contributed by atoms with Gasteiger partial charge in [0.1, 0.15) is 5.82 Å². The number of halogens is 7. The van der Waals surface area contributed by atoms with Crippen molar-refractivity contribution < 1.29 is 22.0 Å². The summed E-state index contributed by atoms with van der Waals surface area (Å²) in [5, 5.41) is 0. The summed E-state index contributed by atoms with van der Waals surface area (Å²) < 4.78 is 66.6. The van der Waals surface area contributed by atoms with Crippen molar-refractivity contribution in [2.75, 3.05) is 0 Å². The SMILES string of the molecule is Cn1c(-c2ccc(CC(F)(F)C(F)(F)F)nc2)nc2cc(Br)c(Br)cc21. The van der Waals surface area contributed by atoms with Crippen LogP contribution in [0.1, 0.15) is 5.69 Å². The third-order valence-electron chi connectivity index (χ3n) is 3.82. The van der Waals surface area contributed by atoms with E-state index in [0.29, 0.717) is 16.9 Å². The quantitative estimate of drug-likeness (QED) is 0.421. The minimum absolute atomic E-state index is 0.347. The number of hydrogen-bond donors (Lipinski definition) is 0. The molecule has 10 heteroatoms. The van der Waals surface area contributed by atoms with Gasteiger partial charge in [-0.3, -0.25) is 4.98 Å². The van der Waals surface area contributed by atoms with Gasteiger partial charge in [0.2, 0.25) is 0 Å². The summed E-state index contributed by atoms with van der Waals surface area (Å²) in [5.74, 6) is -4.30. The van der Waals surface area contributed by atoms with Gasteiger partial charge in [-0.2, -0.15) is 22.0 Å². The van der Waals surface area contributed by atoms with Crippen molar-refractivity contribution in [2.45, 2.75) is 18.5 Å². The molecule has 3 aromatic rings. The number of fused-ring (bicyclic) bond motifs is 1. The number of nitrogens with zero attached hydrogens (tertiary/aromatic N) is 3. The molecule has 0 spiro atoms. The van der Waals surface area contributed by atoms with E-state index >= 15 is 0 Å². The number of benzene rings is 1. The van der Waals surface area contributed by atoms with E-state index in [1.165, 1.54) is 12.3 Å². The van der Waals surface area contributed by atoms with Gasteiger partial charge in [0.15, 0.2) is 0 Å². The lowest BCUT2D eigenvalue weighted by Crippen LogP contribution is -2.38. The number of aromatic nitrogens is 3. The molecule has 0 aliphatic carbocycles.